The fourth-order valence-electron chi connectivity index (χ4n) is 2.42. The third kappa shape index (κ3) is 4.57. The Morgan fingerprint density at radius 3 is 2.22 bits per heavy atom. The van der Waals surface area contributed by atoms with Gasteiger partial charge in [0.05, 0.1) is 16.9 Å². The fraction of sp³-hybridized carbons (Fsp3) is 0.917. The van der Waals surface area contributed by atoms with Crippen LogP contribution in [0, 0.1) is 5.92 Å². The second-order valence-electron chi connectivity index (χ2n) is 5.34. The Labute approximate surface area is 109 Å². The minimum Gasteiger partial charge on any atom is -0.481 e. The van der Waals surface area contributed by atoms with Crippen LogP contribution < -0.4 is 0 Å². The van der Waals surface area contributed by atoms with Gasteiger partial charge in [0.25, 0.3) is 0 Å². The quantitative estimate of drug-likeness (QED) is 0.784. The van der Waals surface area contributed by atoms with Crippen LogP contribution in [0.5, 0.6) is 0 Å². The van der Waals surface area contributed by atoms with Crippen molar-refractivity contribution in [3.05, 3.63) is 0 Å². The number of hydrogen-bond donors (Lipinski definition) is 1. The van der Waals surface area contributed by atoms with Crippen LogP contribution >= 0.6 is 0 Å². The van der Waals surface area contributed by atoms with Crippen molar-refractivity contribution >= 4 is 15.8 Å². The van der Waals surface area contributed by atoms with E-state index >= 15 is 0 Å². The molecule has 0 aliphatic heterocycles. The monoisotopic (exact) mass is 277 g/mol. The maximum atomic E-state index is 12.1. The van der Waals surface area contributed by atoms with E-state index in [1.54, 1.807) is 0 Å². The number of rotatable bonds is 6. The molecule has 0 aromatic rings. The molecular weight excluding hydrogens is 254 g/mol. The van der Waals surface area contributed by atoms with Crippen LogP contribution in [0.15, 0.2) is 0 Å². The molecule has 0 atom stereocenters. The molecule has 0 bridgehead atoms. The lowest BCUT2D eigenvalue weighted by Crippen LogP contribution is -2.32. The van der Waals surface area contributed by atoms with Crippen molar-refractivity contribution in [2.75, 3.05) is 26.4 Å². The average Bonchev–Trinajstić information content (AvgIpc) is 2.28. The summed E-state index contributed by atoms with van der Waals surface area (Å²) in [5.41, 5.74) is 0. The molecule has 6 heteroatoms. The number of carboxylic acid groups (broad SMARTS) is 1. The SMILES string of the molecule is CN(C)CCCS(=O)(=O)C1CCC(C(=O)O)CC1. The standard InChI is InChI=1S/C12H23NO4S/c1-13(2)8-3-9-18(16,17)11-6-4-10(5-7-11)12(14)15/h10-11H,3-9H2,1-2H3,(H,14,15). The predicted octanol–water partition coefficient (Wildman–Crippen LogP) is 0.996. The summed E-state index contributed by atoms with van der Waals surface area (Å²) >= 11 is 0. The van der Waals surface area contributed by atoms with E-state index in [4.69, 9.17) is 5.11 Å². The zero-order valence-corrected chi connectivity index (χ0v) is 11.9. The van der Waals surface area contributed by atoms with Gasteiger partial charge in [-0.2, -0.15) is 0 Å². The lowest BCUT2D eigenvalue weighted by atomic mass is 9.89. The van der Waals surface area contributed by atoms with Gasteiger partial charge in [0, 0.05) is 0 Å². The molecule has 1 saturated carbocycles. The molecule has 0 aromatic heterocycles. The van der Waals surface area contributed by atoms with Crippen molar-refractivity contribution in [1.82, 2.24) is 4.90 Å². The van der Waals surface area contributed by atoms with Crippen molar-refractivity contribution in [1.29, 1.82) is 0 Å². The number of carboxylic acids is 1. The summed E-state index contributed by atoms with van der Waals surface area (Å²) in [7, 11) is 0.795. The van der Waals surface area contributed by atoms with Gasteiger partial charge < -0.3 is 10.0 Å². The summed E-state index contributed by atoms with van der Waals surface area (Å²) in [5.74, 6) is -0.926. The van der Waals surface area contributed by atoms with Gasteiger partial charge in [-0.15, -0.1) is 0 Å². The second kappa shape index (κ2) is 6.52. The molecule has 18 heavy (non-hydrogen) atoms. The molecule has 0 amide bonds. The zero-order valence-electron chi connectivity index (χ0n) is 11.1. The number of carbonyl (C=O) groups is 1. The first kappa shape index (κ1) is 15.4. The number of nitrogens with zero attached hydrogens (tertiary/aromatic N) is 1. The highest BCUT2D eigenvalue weighted by Crippen LogP contribution is 2.29. The Morgan fingerprint density at radius 1 is 1.22 bits per heavy atom. The van der Waals surface area contributed by atoms with E-state index in [9.17, 15) is 13.2 Å². The number of sulfone groups is 1. The number of aliphatic carboxylic acids is 1. The summed E-state index contributed by atoms with van der Waals surface area (Å²) in [6.07, 6.45) is 2.64. The van der Waals surface area contributed by atoms with Crippen LogP contribution in [0.1, 0.15) is 32.1 Å². The fourth-order valence-corrected chi connectivity index (χ4v) is 4.27. The summed E-state index contributed by atoms with van der Waals surface area (Å²) in [6, 6.07) is 0. The molecule has 0 radical (unpaired) electrons. The summed E-state index contributed by atoms with van der Waals surface area (Å²) in [5, 5.41) is 8.55. The Balaban J connectivity index is 2.43. The maximum absolute atomic E-state index is 12.1. The molecule has 1 N–H and O–H groups in total. The summed E-state index contributed by atoms with van der Waals surface area (Å²) < 4.78 is 24.2. The lowest BCUT2D eigenvalue weighted by Gasteiger charge is -2.26. The Kier molecular flexibility index (Phi) is 5.59. The molecule has 5 nitrogen and oxygen atoms in total. The van der Waals surface area contributed by atoms with Gasteiger partial charge in [-0.25, -0.2) is 8.42 Å². The van der Waals surface area contributed by atoms with Crippen molar-refractivity contribution in [2.45, 2.75) is 37.4 Å². The minimum absolute atomic E-state index is 0.216. The van der Waals surface area contributed by atoms with Gasteiger partial charge >= 0.3 is 5.97 Å². The van der Waals surface area contributed by atoms with Gasteiger partial charge in [0.1, 0.15) is 0 Å². The average molecular weight is 277 g/mol. The van der Waals surface area contributed by atoms with Crippen LogP contribution in [0.25, 0.3) is 0 Å². The Bertz CT molecular complexity index is 370. The van der Waals surface area contributed by atoms with E-state index < -0.39 is 15.8 Å². The number of hydrogen-bond acceptors (Lipinski definition) is 4. The second-order valence-corrected chi connectivity index (χ2v) is 7.74. The van der Waals surface area contributed by atoms with E-state index in [1.165, 1.54) is 0 Å². The van der Waals surface area contributed by atoms with E-state index in [2.05, 4.69) is 0 Å². The topological polar surface area (TPSA) is 74.7 Å². The van der Waals surface area contributed by atoms with Crippen molar-refractivity contribution in [3.63, 3.8) is 0 Å². The molecule has 0 saturated heterocycles. The predicted molar refractivity (Wildman–Crippen MR) is 70.3 cm³/mol. The molecule has 1 rings (SSSR count). The highest BCUT2D eigenvalue weighted by Gasteiger charge is 2.32. The first-order valence-electron chi connectivity index (χ1n) is 6.42. The molecular formula is C12H23NO4S. The Morgan fingerprint density at radius 2 is 1.78 bits per heavy atom. The molecule has 1 fully saturated rings. The van der Waals surface area contributed by atoms with Crippen LogP contribution in [0.2, 0.25) is 0 Å². The zero-order chi connectivity index (χ0) is 13.8. The smallest absolute Gasteiger partial charge is 0.306 e. The third-order valence-electron chi connectivity index (χ3n) is 3.57. The highest BCUT2D eigenvalue weighted by molar-refractivity contribution is 7.92. The van der Waals surface area contributed by atoms with Crippen LogP contribution in [-0.2, 0) is 14.6 Å². The van der Waals surface area contributed by atoms with Crippen molar-refractivity contribution in [2.24, 2.45) is 5.92 Å². The van der Waals surface area contributed by atoms with Crippen molar-refractivity contribution in [3.8, 4) is 0 Å². The molecule has 0 unspecified atom stereocenters. The molecule has 0 aromatic carbocycles. The molecule has 1 aliphatic rings. The van der Waals surface area contributed by atoms with Gasteiger partial charge in [-0.05, 0) is 52.7 Å². The highest BCUT2D eigenvalue weighted by atomic mass is 32.2. The largest absolute Gasteiger partial charge is 0.481 e. The van der Waals surface area contributed by atoms with Gasteiger partial charge in [0.2, 0.25) is 0 Å². The summed E-state index contributed by atoms with van der Waals surface area (Å²) in [6.45, 7) is 0.768. The van der Waals surface area contributed by atoms with Crippen molar-refractivity contribution < 1.29 is 18.3 Å². The molecule has 0 heterocycles. The van der Waals surface area contributed by atoms with E-state index in [0.29, 0.717) is 32.1 Å². The van der Waals surface area contributed by atoms with Gasteiger partial charge in [0.15, 0.2) is 9.84 Å². The lowest BCUT2D eigenvalue weighted by molar-refractivity contribution is -0.142. The van der Waals surface area contributed by atoms with E-state index in [1.807, 2.05) is 19.0 Å². The van der Waals surface area contributed by atoms with Crippen LogP contribution in [0.3, 0.4) is 0 Å². The van der Waals surface area contributed by atoms with Gasteiger partial charge in [-0.3, -0.25) is 4.79 Å². The minimum atomic E-state index is -3.05. The molecule has 1 aliphatic carbocycles. The first-order valence-corrected chi connectivity index (χ1v) is 8.13. The third-order valence-corrected chi connectivity index (χ3v) is 5.91. The van der Waals surface area contributed by atoms with Gasteiger partial charge in [-0.1, -0.05) is 0 Å². The van der Waals surface area contributed by atoms with E-state index in [0.717, 1.165) is 6.54 Å². The molecule has 106 valence electrons. The summed E-state index contributed by atoms with van der Waals surface area (Å²) in [4.78, 5) is 12.8. The maximum Gasteiger partial charge on any atom is 0.306 e. The first-order chi connectivity index (χ1) is 8.33. The van der Waals surface area contributed by atoms with Crippen LogP contribution in [-0.4, -0.2) is 56.0 Å². The normalized spacial score (nSPS) is 25.3. The van der Waals surface area contributed by atoms with E-state index in [-0.39, 0.29) is 16.9 Å². The Hall–Kier alpha value is -0.620. The van der Waals surface area contributed by atoms with Crippen LogP contribution in [0.4, 0.5) is 0 Å². The molecule has 0 spiro atoms.